The van der Waals surface area contributed by atoms with Crippen LogP contribution in [0.15, 0.2) is 12.1 Å². The lowest BCUT2D eigenvalue weighted by Crippen LogP contribution is -2.53. The maximum atomic E-state index is 13.7. The lowest BCUT2D eigenvalue weighted by molar-refractivity contribution is 0.0751. The van der Waals surface area contributed by atoms with E-state index in [1.165, 1.54) is 0 Å². The van der Waals surface area contributed by atoms with Crippen molar-refractivity contribution in [1.29, 1.82) is 0 Å². The van der Waals surface area contributed by atoms with Crippen molar-refractivity contribution in [3.63, 3.8) is 0 Å². The molecule has 0 spiro atoms. The van der Waals surface area contributed by atoms with Crippen molar-refractivity contribution in [2.75, 3.05) is 0 Å². The second-order valence-electron chi connectivity index (χ2n) is 6.40. The van der Waals surface area contributed by atoms with Gasteiger partial charge in [0.1, 0.15) is 0 Å². The Hall–Kier alpha value is -1.56. The normalized spacial score (nSPS) is 30.9. The zero-order valence-electron chi connectivity index (χ0n) is 12.1. The largest absolute Gasteiger partial charge is 0.349 e. The van der Waals surface area contributed by atoms with Crippen LogP contribution in [0.5, 0.6) is 0 Å². The van der Waals surface area contributed by atoms with E-state index in [1.807, 2.05) is 0 Å². The topological polar surface area (TPSA) is 55.1 Å². The highest BCUT2D eigenvalue weighted by Gasteiger charge is 2.40. The summed E-state index contributed by atoms with van der Waals surface area (Å²) in [5.41, 5.74) is 5.57. The molecule has 1 amide bonds. The Morgan fingerprint density at radius 2 is 1.73 bits per heavy atom. The summed E-state index contributed by atoms with van der Waals surface area (Å²) >= 11 is 0. The Morgan fingerprint density at radius 1 is 1.09 bits per heavy atom. The lowest BCUT2D eigenvalue weighted by atomic mass is 9.67. The van der Waals surface area contributed by atoms with E-state index < -0.39 is 28.9 Å². The van der Waals surface area contributed by atoms with Crippen molar-refractivity contribution in [3.8, 4) is 0 Å². The van der Waals surface area contributed by atoms with Gasteiger partial charge in [-0.05, 0) is 49.7 Å². The zero-order valence-corrected chi connectivity index (χ0v) is 12.1. The van der Waals surface area contributed by atoms with Gasteiger partial charge in [0.05, 0.1) is 5.56 Å². The van der Waals surface area contributed by atoms with Gasteiger partial charge >= 0.3 is 0 Å². The number of carbonyl (C=O) groups excluding carboxylic acids is 1. The van der Waals surface area contributed by atoms with E-state index in [-0.39, 0.29) is 23.9 Å². The summed E-state index contributed by atoms with van der Waals surface area (Å²) in [5.74, 6) is -4.48. The summed E-state index contributed by atoms with van der Waals surface area (Å²) in [7, 11) is 0. The van der Waals surface area contributed by atoms with E-state index in [1.54, 1.807) is 0 Å². The SMILES string of the molecule is NC1CC2CCCC(C1)C2NC(=O)c1ccc(F)c(F)c1F. The molecule has 0 saturated heterocycles. The fraction of sp³-hybridized carbons (Fsp3) is 0.562. The van der Waals surface area contributed by atoms with Gasteiger partial charge in [-0.2, -0.15) is 0 Å². The molecule has 0 radical (unpaired) electrons. The summed E-state index contributed by atoms with van der Waals surface area (Å²) in [4.78, 5) is 12.2. The standard InChI is InChI=1S/C16H19F3N2O/c17-12-5-4-11(13(18)14(12)19)16(22)21-15-8-2-1-3-9(15)7-10(20)6-8/h4-5,8-10,15H,1-3,6-7,20H2,(H,21,22). The zero-order chi connectivity index (χ0) is 15.9. The second-order valence-corrected chi connectivity index (χ2v) is 6.40. The maximum Gasteiger partial charge on any atom is 0.254 e. The number of nitrogens with one attached hydrogen (secondary N) is 1. The minimum absolute atomic E-state index is 0.0615. The van der Waals surface area contributed by atoms with Gasteiger partial charge < -0.3 is 11.1 Å². The summed E-state index contributed by atoms with van der Waals surface area (Å²) < 4.78 is 39.9. The van der Waals surface area contributed by atoms with Crippen LogP contribution in [-0.2, 0) is 0 Å². The number of benzene rings is 1. The molecule has 2 saturated carbocycles. The Labute approximate surface area is 127 Å². The molecule has 2 aliphatic rings. The number of fused-ring (bicyclic) bond motifs is 2. The number of hydrogen-bond donors (Lipinski definition) is 2. The molecule has 2 bridgehead atoms. The van der Waals surface area contributed by atoms with Crippen LogP contribution in [0.4, 0.5) is 13.2 Å². The highest BCUT2D eigenvalue weighted by Crippen LogP contribution is 2.39. The highest BCUT2D eigenvalue weighted by atomic mass is 19.2. The Morgan fingerprint density at radius 3 is 2.36 bits per heavy atom. The van der Waals surface area contributed by atoms with Gasteiger partial charge in [0.25, 0.3) is 5.91 Å². The monoisotopic (exact) mass is 312 g/mol. The van der Waals surface area contributed by atoms with Crippen LogP contribution in [0, 0.1) is 29.3 Å². The quantitative estimate of drug-likeness (QED) is 0.825. The Bertz CT molecular complexity index is 579. The number of rotatable bonds is 2. The molecule has 2 atom stereocenters. The first-order valence-electron chi connectivity index (χ1n) is 7.67. The Balaban J connectivity index is 1.78. The molecule has 3 N–H and O–H groups in total. The van der Waals surface area contributed by atoms with Crippen molar-refractivity contribution >= 4 is 5.91 Å². The van der Waals surface area contributed by atoms with Gasteiger partial charge in [-0.25, -0.2) is 13.2 Å². The van der Waals surface area contributed by atoms with Gasteiger partial charge in [0.15, 0.2) is 17.5 Å². The molecule has 1 aromatic carbocycles. The summed E-state index contributed by atoms with van der Waals surface area (Å²) in [6.45, 7) is 0. The van der Waals surface area contributed by atoms with Gasteiger partial charge in [0.2, 0.25) is 0 Å². The molecule has 3 rings (SSSR count). The number of hydrogen-bond acceptors (Lipinski definition) is 2. The molecule has 22 heavy (non-hydrogen) atoms. The third kappa shape index (κ3) is 2.72. The van der Waals surface area contributed by atoms with E-state index >= 15 is 0 Å². The predicted molar refractivity (Wildman–Crippen MR) is 75.6 cm³/mol. The van der Waals surface area contributed by atoms with Crippen LogP contribution in [0.1, 0.15) is 42.5 Å². The average molecular weight is 312 g/mol. The summed E-state index contributed by atoms with van der Waals surface area (Å²) in [6, 6.07) is 1.83. The van der Waals surface area contributed by atoms with Crippen molar-refractivity contribution in [2.24, 2.45) is 17.6 Å². The molecule has 2 aliphatic carbocycles. The van der Waals surface area contributed by atoms with E-state index in [9.17, 15) is 18.0 Å². The summed E-state index contributed by atoms with van der Waals surface area (Å²) in [6.07, 6.45) is 4.74. The first-order chi connectivity index (χ1) is 10.5. The fourth-order valence-corrected chi connectivity index (χ4v) is 3.96. The van der Waals surface area contributed by atoms with Gasteiger partial charge in [-0.1, -0.05) is 6.42 Å². The maximum absolute atomic E-state index is 13.7. The predicted octanol–water partition coefficient (Wildman–Crippen LogP) is 2.74. The van der Waals surface area contributed by atoms with Crippen LogP contribution in [0.3, 0.4) is 0 Å². The molecule has 2 unspecified atom stereocenters. The lowest BCUT2D eigenvalue weighted by Gasteiger charge is -2.45. The highest BCUT2D eigenvalue weighted by molar-refractivity contribution is 5.94. The fourth-order valence-electron chi connectivity index (χ4n) is 3.96. The van der Waals surface area contributed by atoms with Crippen LogP contribution >= 0.6 is 0 Å². The van der Waals surface area contributed by atoms with E-state index in [4.69, 9.17) is 5.73 Å². The first-order valence-corrected chi connectivity index (χ1v) is 7.67. The molecule has 2 fully saturated rings. The first kappa shape index (κ1) is 15.3. The molecule has 3 nitrogen and oxygen atoms in total. The smallest absolute Gasteiger partial charge is 0.254 e. The Kier molecular flexibility index (Phi) is 4.12. The molecule has 0 heterocycles. The van der Waals surface area contributed by atoms with Crippen molar-refractivity contribution in [3.05, 3.63) is 35.1 Å². The molecular weight excluding hydrogens is 293 g/mol. The van der Waals surface area contributed by atoms with Crippen LogP contribution < -0.4 is 11.1 Å². The molecule has 1 aromatic rings. The molecule has 0 aromatic heterocycles. The van der Waals surface area contributed by atoms with Crippen molar-refractivity contribution in [1.82, 2.24) is 5.32 Å². The number of nitrogens with two attached hydrogens (primary N) is 1. The van der Waals surface area contributed by atoms with E-state index in [2.05, 4.69) is 5.32 Å². The van der Waals surface area contributed by atoms with Gasteiger partial charge in [0, 0.05) is 12.1 Å². The van der Waals surface area contributed by atoms with Crippen molar-refractivity contribution < 1.29 is 18.0 Å². The van der Waals surface area contributed by atoms with Gasteiger partial charge in [-0.15, -0.1) is 0 Å². The van der Waals surface area contributed by atoms with Gasteiger partial charge in [-0.3, -0.25) is 4.79 Å². The molecule has 6 heteroatoms. The second kappa shape index (κ2) is 5.91. The van der Waals surface area contributed by atoms with Crippen LogP contribution in [-0.4, -0.2) is 18.0 Å². The van der Waals surface area contributed by atoms with E-state index in [0.29, 0.717) is 0 Å². The third-order valence-electron chi connectivity index (χ3n) is 4.95. The minimum atomic E-state index is -1.61. The van der Waals surface area contributed by atoms with Crippen LogP contribution in [0.25, 0.3) is 0 Å². The molecule has 120 valence electrons. The number of amides is 1. The third-order valence-corrected chi connectivity index (χ3v) is 4.95. The number of carbonyl (C=O) groups is 1. The van der Waals surface area contributed by atoms with Crippen LogP contribution in [0.2, 0.25) is 0 Å². The molecule has 0 aliphatic heterocycles. The van der Waals surface area contributed by atoms with Crippen molar-refractivity contribution in [2.45, 2.75) is 44.2 Å². The summed E-state index contributed by atoms with van der Waals surface area (Å²) in [5, 5.41) is 2.82. The molecular formula is C16H19F3N2O. The number of halogens is 3. The minimum Gasteiger partial charge on any atom is -0.349 e. The average Bonchev–Trinajstić information content (AvgIpc) is 2.46. The van der Waals surface area contributed by atoms with E-state index in [0.717, 1.165) is 44.2 Å².